The lowest BCUT2D eigenvalue weighted by Gasteiger charge is -2.08. The number of hydrogen-bond donors (Lipinski definition) is 2. The summed E-state index contributed by atoms with van der Waals surface area (Å²) >= 11 is 6.17. The zero-order chi connectivity index (χ0) is 16.2. The molecule has 0 aliphatic heterocycles. The third kappa shape index (κ3) is 3.25. The largest absolute Gasteiger partial charge is 0.352 e. The Hall–Kier alpha value is -2.24. The zero-order valence-electron chi connectivity index (χ0n) is 12.8. The minimum Gasteiger partial charge on any atom is -0.352 e. The SMILES string of the molecule is CNCCCNC(=O)c1cccc2nc3c(Cl)cccc3nc12. The van der Waals surface area contributed by atoms with Crippen molar-refractivity contribution in [1.29, 1.82) is 0 Å². The standard InChI is InChI=1S/C17H17ClN4O/c1-19-9-4-10-20-17(23)11-5-2-7-13-15(11)21-14-8-3-6-12(18)16(14)22-13/h2-3,5-8,19H,4,9-10H2,1H3,(H,20,23). The Kier molecular flexibility index (Phi) is 4.69. The highest BCUT2D eigenvalue weighted by Gasteiger charge is 2.13. The topological polar surface area (TPSA) is 66.9 Å². The van der Waals surface area contributed by atoms with Gasteiger partial charge in [-0.15, -0.1) is 0 Å². The van der Waals surface area contributed by atoms with E-state index < -0.39 is 0 Å². The summed E-state index contributed by atoms with van der Waals surface area (Å²) in [6.07, 6.45) is 0.872. The fourth-order valence-electron chi connectivity index (χ4n) is 2.43. The lowest BCUT2D eigenvalue weighted by atomic mass is 10.1. The molecule has 0 radical (unpaired) electrons. The number of para-hydroxylation sites is 2. The van der Waals surface area contributed by atoms with E-state index in [0.29, 0.717) is 39.2 Å². The summed E-state index contributed by atoms with van der Waals surface area (Å²) in [4.78, 5) is 21.5. The van der Waals surface area contributed by atoms with Crippen LogP contribution in [0.15, 0.2) is 36.4 Å². The molecule has 0 saturated heterocycles. The van der Waals surface area contributed by atoms with Crippen LogP contribution in [0.5, 0.6) is 0 Å². The monoisotopic (exact) mass is 328 g/mol. The fourth-order valence-corrected chi connectivity index (χ4v) is 2.64. The van der Waals surface area contributed by atoms with E-state index in [-0.39, 0.29) is 5.91 Å². The van der Waals surface area contributed by atoms with Crippen molar-refractivity contribution in [2.45, 2.75) is 6.42 Å². The van der Waals surface area contributed by atoms with Crippen molar-refractivity contribution in [3.63, 3.8) is 0 Å². The van der Waals surface area contributed by atoms with E-state index in [4.69, 9.17) is 11.6 Å². The molecule has 0 unspecified atom stereocenters. The van der Waals surface area contributed by atoms with Gasteiger partial charge in [-0.25, -0.2) is 9.97 Å². The lowest BCUT2D eigenvalue weighted by molar-refractivity contribution is 0.0955. The van der Waals surface area contributed by atoms with Gasteiger partial charge in [0.15, 0.2) is 0 Å². The summed E-state index contributed by atoms with van der Waals surface area (Å²) in [7, 11) is 1.89. The van der Waals surface area contributed by atoms with E-state index in [2.05, 4.69) is 20.6 Å². The lowest BCUT2D eigenvalue weighted by Crippen LogP contribution is -2.26. The van der Waals surface area contributed by atoms with Gasteiger partial charge in [0.2, 0.25) is 0 Å². The third-order valence-corrected chi connectivity index (χ3v) is 3.88. The second-order valence-electron chi connectivity index (χ2n) is 5.22. The molecule has 1 aromatic heterocycles. The maximum Gasteiger partial charge on any atom is 0.253 e. The molecular formula is C17H17ClN4O. The molecule has 0 aliphatic rings. The number of nitrogens with zero attached hydrogens (tertiary/aromatic N) is 2. The van der Waals surface area contributed by atoms with Crippen LogP contribution in [0.3, 0.4) is 0 Å². The maximum atomic E-state index is 12.4. The smallest absolute Gasteiger partial charge is 0.253 e. The van der Waals surface area contributed by atoms with Crippen molar-refractivity contribution in [3.8, 4) is 0 Å². The van der Waals surface area contributed by atoms with Gasteiger partial charge in [0, 0.05) is 6.54 Å². The first-order valence-electron chi connectivity index (χ1n) is 7.48. The second-order valence-corrected chi connectivity index (χ2v) is 5.62. The number of carbonyl (C=O) groups excluding carboxylic acids is 1. The number of hydrogen-bond acceptors (Lipinski definition) is 4. The number of halogens is 1. The molecule has 1 heterocycles. The van der Waals surface area contributed by atoms with E-state index >= 15 is 0 Å². The van der Waals surface area contributed by atoms with Gasteiger partial charge in [0.1, 0.15) is 11.0 Å². The fraction of sp³-hybridized carbons (Fsp3) is 0.235. The summed E-state index contributed by atoms with van der Waals surface area (Å²) in [5.41, 5.74) is 3.11. The highest BCUT2D eigenvalue weighted by Crippen LogP contribution is 2.24. The Labute approximate surface area is 139 Å². The summed E-state index contributed by atoms with van der Waals surface area (Å²) < 4.78 is 0. The van der Waals surface area contributed by atoms with Crippen LogP contribution in [0.4, 0.5) is 0 Å². The Bertz CT molecular complexity index is 866. The molecule has 0 bridgehead atoms. The third-order valence-electron chi connectivity index (χ3n) is 3.58. The normalized spacial score (nSPS) is 11.0. The van der Waals surface area contributed by atoms with Crippen molar-refractivity contribution < 1.29 is 4.79 Å². The molecule has 23 heavy (non-hydrogen) atoms. The molecule has 6 heteroatoms. The van der Waals surface area contributed by atoms with Crippen molar-refractivity contribution >= 4 is 39.6 Å². The molecule has 0 saturated carbocycles. The minimum absolute atomic E-state index is 0.137. The second kappa shape index (κ2) is 6.89. The zero-order valence-corrected chi connectivity index (χ0v) is 13.5. The molecule has 2 N–H and O–H groups in total. The minimum atomic E-state index is -0.137. The Morgan fingerprint density at radius 2 is 1.74 bits per heavy atom. The number of nitrogens with one attached hydrogen (secondary N) is 2. The van der Waals surface area contributed by atoms with Crippen LogP contribution in [0.2, 0.25) is 5.02 Å². The van der Waals surface area contributed by atoms with Gasteiger partial charge < -0.3 is 10.6 Å². The Morgan fingerprint density at radius 1 is 1.04 bits per heavy atom. The number of benzene rings is 2. The molecule has 0 atom stereocenters. The summed E-state index contributed by atoms with van der Waals surface area (Å²) in [5.74, 6) is -0.137. The van der Waals surface area contributed by atoms with Crippen LogP contribution in [-0.4, -0.2) is 36.0 Å². The first-order chi connectivity index (χ1) is 11.2. The van der Waals surface area contributed by atoms with Crippen LogP contribution in [-0.2, 0) is 0 Å². The van der Waals surface area contributed by atoms with Gasteiger partial charge in [-0.3, -0.25) is 4.79 Å². The van der Waals surface area contributed by atoms with Crippen LogP contribution < -0.4 is 10.6 Å². The summed E-state index contributed by atoms with van der Waals surface area (Å²) in [6, 6.07) is 10.9. The molecule has 0 fully saturated rings. The van der Waals surface area contributed by atoms with E-state index in [1.807, 2.05) is 31.3 Å². The van der Waals surface area contributed by atoms with E-state index in [9.17, 15) is 4.79 Å². The van der Waals surface area contributed by atoms with Gasteiger partial charge in [-0.2, -0.15) is 0 Å². The number of carbonyl (C=O) groups is 1. The number of rotatable bonds is 5. The molecule has 3 rings (SSSR count). The molecule has 5 nitrogen and oxygen atoms in total. The molecule has 0 spiro atoms. The van der Waals surface area contributed by atoms with Crippen molar-refractivity contribution in [2.24, 2.45) is 0 Å². The Balaban J connectivity index is 1.99. The highest BCUT2D eigenvalue weighted by atomic mass is 35.5. The molecule has 3 aromatic rings. The van der Waals surface area contributed by atoms with E-state index in [1.165, 1.54) is 0 Å². The number of aromatic nitrogens is 2. The van der Waals surface area contributed by atoms with E-state index in [1.54, 1.807) is 12.1 Å². The number of fused-ring (bicyclic) bond motifs is 2. The van der Waals surface area contributed by atoms with Crippen LogP contribution in [0.1, 0.15) is 16.8 Å². The van der Waals surface area contributed by atoms with Gasteiger partial charge in [0.25, 0.3) is 5.91 Å². The first-order valence-corrected chi connectivity index (χ1v) is 7.86. The van der Waals surface area contributed by atoms with Crippen molar-refractivity contribution in [3.05, 3.63) is 47.0 Å². The van der Waals surface area contributed by atoms with E-state index in [0.717, 1.165) is 13.0 Å². The molecule has 118 valence electrons. The van der Waals surface area contributed by atoms with Gasteiger partial charge in [-0.05, 0) is 44.3 Å². The molecular weight excluding hydrogens is 312 g/mol. The van der Waals surface area contributed by atoms with Crippen LogP contribution >= 0.6 is 11.6 Å². The Morgan fingerprint density at radius 3 is 2.52 bits per heavy atom. The van der Waals surface area contributed by atoms with Crippen LogP contribution in [0.25, 0.3) is 22.1 Å². The highest BCUT2D eigenvalue weighted by molar-refractivity contribution is 6.35. The van der Waals surface area contributed by atoms with Gasteiger partial charge >= 0.3 is 0 Å². The average Bonchev–Trinajstić information content (AvgIpc) is 2.57. The summed E-state index contributed by atoms with van der Waals surface area (Å²) in [5, 5.41) is 6.52. The average molecular weight is 329 g/mol. The quantitative estimate of drug-likeness (QED) is 0.558. The summed E-state index contributed by atoms with van der Waals surface area (Å²) in [6.45, 7) is 1.47. The van der Waals surface area contributed by atoms with Crippen LogP contribution in [0, 0.1) is 0 Å². The first kappa shape index (κ1) is 15.6. The van der Waals surface area contributed by atoms with Gasteiger partial charge in [-0.1, -0.05) is 23.7 Å². The molecule has 1 amide bonds. The van der Waals surface area contributed by atoms with Crippen molar-refractivity contribution in [2.75, 3.05) is 20.1 Å². The number of amides is 1. The van der Waals surface area contributed by atoms with Crippen molar-refractivity contribution in [1.82, 2.24) is 20.6 Å². The van der Waals surface area contributed by atoms with Gasteiger partial charge in [0.05, 0.1) is 21.6 Å². The predicted molar refractivity (Wildman–Crippen MR) is 92.9 cm³/mol. The molecule has 0 aliphatic carbocycles. The maximum absolute atomic E-state index is 12.4. The predicted octanol–water partition coefficient (Wildman–Crippen LogP) is 2.78. The molecule has 2 aromatic carbocycles.